The number of carbonyl (C=O) groups is 1. The molecule has 0 radical (unpaired) electrons. The number of nitrogens with zero attached hydrogens (tertiary/aromatic N) is 2. The molecule has 2 aromatic carbocycles. The molecule has 0 spiro atoms. The van der Waals surface area contributed by atoms with E-state index in [1.807, 2.05) is 42.5 Å². The minimum atomic E-state index is -0.0899. The largest absolute Gasteiger partial charge is 0.492 e. The maximum Gasteiger partial charge on any atom is 0.227 e. The van der Waals surface area contributed by atoms with Crippen molar-refractivity contribution in [1.29, 1.82) is 0 Å². The molecule has 0 unspecified atom stereocenters. The van der Waals surface area contributed by atoms with E-state index < -0.39 is 0 Å². The van der Waals surface area contributed by atoms with Crippen LogP contribution in [0.4, 0.5) is 0 Å². The molecule has 0 aliphatic carbocycles. The lowest BCUT2D eigenvalue weighted by Crippen LogP contribution is -2.28. The van der Waals surface area contributed by atoms with Crippen LogP contribution in [0.3, 0.4) is 0 Å². The van der Waals surface area contributed by atoms with Gasteiger partial charge in [-0.15, -0.1) is 0 Å². The first-order valence-electron chi connectivity index (χ1n) is 8.24. The SMILES string of the molecule is O=C(CCc1nc(-c2ccc(Cl)cc2)no1)NCCOc1ccccc1. The number of aromatic nitrogens is 2. The molecule has 6 nitrogen and oxygen atoms in total. The second kappa shape index (κ2) is 9.01. The maximum atomic E-state index is 11.9. The summed E-state index contributed by atoms with van der Waals surface area (Å²) in [4.78, 5) is 16.2. The van der Waals surface area contributed by atoms with Crippen molar-refractivity contribution < 1.29 is 14.1 Å². The van der Waals surface area contributed by atoms with Crippen molar-refractivity contribution in [1.82, 2.24) is 15.5 Å². The number of benzene rings is 2. The van der Waals surface area contributed by atoms with E-state index in [-0.39, 0.29) is 12.3 Å². The molecular weight excluding hydrogens is 354 g/mol. The van der Waals surface area contributed by atoms with Gasteiger partial charge in [0.05, 0.1) is 6.54 Å². The second-order valence-electron chi connectivity index (χ2n) is 5.53. The minimum Gasteiger partial charge on any atom is -0.492 e. The van der Waals surface area contributed by atoms with Crippen LogP contribution in [0.5, 0.6) is 5.75 Å². The Morgan fingerprint density at radius 2 is 1.88 bits per heavy atom. The number of hydrogen-bond acceptors (Lipinski definition) is 5. The van der Waals surface area contributed by atoms with Gasteiger partial charge >= 0.3 is 0 Å². The van der Waals surface area contributed by atoms with Crippen molar-refractivity contribution in [2.24, 2.45) is 0 Å². The fourth-order valence-electron chi connectivity index (χ4n) is 2.26. The van der Waals surface area contributed by atoms with Crippen LogP contribution in [0, 0.1) is 0 Å². The number of para-hydroxylation sites is 1. The fourth-order valence-corrected chi connectivity index (χ4v) is 2.38. The van der Waals surface area contributed by atoms with E-state index in [9.17, 15) is 4.79 Å². The number of amides is 1. The molecule has 1 aromatic heterocycles. The number of halogens is 1. The van der Waals surface area contributed by atoms with Crippen LogP contribution in [0.1, 0.15) is 12.3 Å². The third kappa shape index (κ3) is 5.32. The van der Waals surface area contributed by atoms with Crippen LogP contribution >= 0.6 is 11.6 Å². The Hall–Kier alpha value is -2.86. The average molecular weight is 372 g/mol. The van der Waals surface area contributed by atoms with E-state index in [2.05, 4.69) is 15.5 Å². The van der Waals surface area contributed by atoms with Crippen LogP contribution in [0.2, 0.25) is 5.02 Å². The van der Waals surface area contributed by atoms with Gasteiger partial charge < -0.3 is 14.6 Å². The van der Waals surface area contributed by atoms with Crippen molar-refractivity contribution >= 4 is 17.5 Å². The van der Waals surface area contributed by atoms with Gasteiger partial charge in [0.1, 0.15) is 12.4 Å². The molecule has 0 saturated carbocycles. The Morgan fingerprint density at radius 3 is 2.65 bits per heavy atom. The monoisotopic (exact) mass is 371 g/mol. The first-order chi connectivity index (χ1) is 12.7. The third-order valence-electron chi connectivity index (χ3n) is 3.57. The van der Waals surface area contributed by atoms with E-state index in [4.69, 9.17) is 20.9 Å². The molecule has 134 valence electrons. The van der Waals surface area contributed by atoms with Gasteiger partial charge in [-0.05, 0) is 36.4 Å². The van der Waals surface area contributed by atoms with Crippen LogP contribution in [0.25, 0.3) is 11.4 Å². The molecule has 26 heavy (non-hydrogen) atoms. The van der Waals surface area contributed by atoms with Crippen molar-refractivity contribution in [3.63, 3.8) is 0 Å². The summed E-state index contributed by atoms with van der Waals surface area (Å²) in [5.74, 6) is 1.59. The number of rotatable bonds is 8. The summed E-state index contributed by atoms with van der Waals surface area (Å²) in [5.41, 5.74) is 0.812. The Labute approximate surface area is 156 Å². The van der Waals surface area contributed by atoms with E-state index in [0.717, 1.165) is 11.3 Å². The van der Waals surface area contributed by atoms with Gasteiger partial charge in [0.2, 0.25) is 17.6 Å². The standard InChI is InChI=1S/C19H18ClN3O3/c20-15-8-6-14(7-9-15)19-22-18(26-23-19)11-10-17(24)21-12-13-25-16-4-2-1-3-5-16/h1-9H,10-13H2,(H,21,24). The van der Waals surface area contributed by atoms with Crippen molar-refractivity contribution in [2.75, 3.05) is 13.2 Å². The molecule has 0 aliphatic heterocycles. The van der Waals surface area contributed by atoms with E-state index >= 15 is 0 Å². The molecule has 1 heterocycles. The lowest BCUT2D eigenvalue weighted by atomic mass is 10.2. The topological polar surface area (TPSA) is 77.2 Å². The molecule has 0 bridgehead atoms. The van der Waals surface area contributed by atoms with Crippen molar-refractivity contribution in [3.8, 4) is 17.1 Å². The van der Waals surface area contributed by atoms with Gasteiger partial charge in [-0.1, -0.05) is 35.0 Å². The molecule has 1 N–H and O–H groups in total. The fraction of sp³-hybridized carbons (Fsp3) is 0.211. The van der Waals surface area contributed by atoms with Gasteiger partial charge in [-0.25, -0.2) is 0 Å². The van der Waals surface area contributed by atoms with Crippen LogP contribution in [0.15, 0.2) is 59.1 Å². The third-order valence-corrected chi connectivity index (χ3v) is 3.82. The molecule has 0 saturated heterocycles. The van der Waals surface area contributed by atoms with E-state index in [0.29, 0.717) is 36.3 Å². The number of hydrogen-bond donors (Lipinski definition) is 1. The minimum absolute atomic E-state index is 0.0899. The van der Waals surface area contributed by atoms with Crippen molar-refractivity contribution in [2.45, 2.75) is 12.8 Å². The molecule has 0 fully saturated rings. The second-order valence-corrected chi connectivity index (χ2v) is 5.97. The number of aryl methyl sites for hydroxylation is 1. The Bertz CT molecular complexity index is 835. The van der Waals surface area contributed by atoms with Crippen LogP contribution in [-0.2, 0) is 11.2 Å². The lowest BCUT2D eigenvalue weighted by molar-refractivity contribution is -0.121. The first kappa shape index (κ1) is 17.9. The summed E-state index contributed by atoms with van der Waals surface area (Å²) in [6, 6.07) is 16.6. The predicted molar refractivity (Wildman–Crippen MR) is 98.0 cm³/mol. The van der Waals surface area contributed by atoms with E-state index in [1.165, 1.54) is 0 Å². The highest BCUT2D eigenvalue weighted by molar-refractivity contribution is 6.30. The molecule has 1 amide bonds. The van der Waals surface area contributed by atoms with Crippen molar-refractivity contribution in [3.05, 3.63) is 65.5 Å². The Morgan fingerprint density at radius 1 is 1.12 bits per heavy atom. The highest BCUT2D eigenvalue weighted by Crippen LogP contribution is 2.18. The summed E-state index contributed by atoms with van der Waals surface area (Å²) in [7, 11) is 0. The zero-order valence-corrected chi connectivity index (χ0v) is 14.8. The number of carbonyl (C=O) groups excluding carboxylic acids is 1. The summed E-state index contributed by atoms with van der Waals surface area (Å²) in [5, 5.41) is 7.37. The Kier molecular flexibility index (Phi) is 6.22. The van der Waals surface area contributed by atoms with Crippen LogP contribution < -0.4 is 10.1 Å². The van der Waals surface area contributed by atoms with Gasteiger partial charge in [0.25, 0.3) is 0 Å². The zero-order chi connectivity index (χ0) is 18.2. The van der Waals surface area contributed by atoms with Gasteiger partial charge in [-0.3, -0.25) is 4.79 Å². The average Bonchev–Trinajstić information content (AvgIpc) is 3.14. The molecule has 3 aromatic rings. The summed E-state index contributed by atoms with van der Waals surface area (Å²) in [6.07, 6.45) is 0.652. The summed E-state index contributed by atoms with van der Waals surface area (Å²) < 4.78 is 10.7. The maximum absolute atomic E-state index is 11.9. The number of nitrogens with one attached hydrogen (secondary N) is 1. The predicted octanol–water partition coefficient (Wildman–Crippen LogP) is 3.52. The molecule has 0 atom stereocenters. The highest BCUT2D eigenvalue weighted by Gasteiger charge is 2.10. The highest BCUT2D eigenvalue weighted by atomic mass is 35.5. The van der Waals surface area contributed by atoms with Gasteiger partial charge in [-0.2, -0.15) is 4.98 Å². The van der Waals surface area contributed by atoms with Crippen LogP contribution in [-0.4, -0.2) is 29.2 Å². The molecule has 7 heteroatoms. The van der Waals surface area contributed by atoms with Gasteiger partial charge in [0, 0.05) is 23.4 Å². The zero-order valence-electron chi connectivity index (χ0n) is 14.0. The first-order valence-corrected chi connectivity index (χ1v) is 8.61. The quantitative estimate of drug-likeness (QED) is 0.613. The summed E-state index contributed by atoms with van der Waals surface area (Å²) in [6.45, 7) is 0.852. The normalized spacial score (nSPS) is 10.5. The molecule has 3 rings (SSSR count). The molecular formula is C19H18ClN3O3. The summed E-state index contributed by atoms with van der Waals surface area (Å²) >= 11 is 5.86. The molecule has 0 aliphatic rings. The lowest BCUT2D eigenvalue weighted by Gasteiger charge is -2.07. The smallest absolute Gasteiger partial charge is 0.227 e. The Balaban J connectivity index is 1.38. The van der Waals surface area contributed by atoms with Gasteiger partial charge in [0.15, 0.2) is 0 Å². The number of ether oxygens (including phenoxy) is 1. The van der Waals surface area contributed by atoms with E-state index in [1.54, 1.807) is 12.1 Å².